The first-order valence-corrected chi connectivity index (χ1v) is 9.81. The van der Waals surface area contributed by atoms with Crippen molar-refractivity contribution in [2.45, 2.75) is 11.8 Å². The molecule has 0 bridgehead atoms. The summed E-state index contributed by atoms with van der Waals surface area (Å²) >= 11 is 1.04. The maximum Gasteiger partial charge on any atom is 0.245 e. The van der Waals surface area contributed by atoms with Gasteiger partial charge in [0.1, 0.15) is 15.9 Å². The van der Waals surface area contributed by atoms with Crippen LogP contribution in [-0.2, 0) is 14.8 Å². The van der Waals surface area contributed by atoms with Crippen LogP contribution in [0, 0.1) is 0 Å². The van der Waals surface area contributed by atoms with Crippen LogP contribution < -0.4 is 0 Å². The summed E-state index contributed by atoms with van der Waals surface area (Å²) in [6.07, 6.45) is 0. The van der Waals surface area contributed by atoms with Crippen molar-refractivity contribution in [3.63, 3.8) is 0 Å². The van der Waals surface area contributed by atoms with Gasteiger partial charge in [0.2, 0.25) is 10.0 Å². The van der Waals surface area contributed by atoms with E-state index in [2.05, 4.69) is 13.6 Å². The van der Waals surface area contributed by atoms with Crippen molar-refractivity contribution in [2.24, 2.45) is 0 Å². The minimum atomic E-state index is -3.53. The molecule has 1 aromatic heterocycles. The fourth-order valence-corrected chi connectivity index (χ4v) is 4.83. The molecule has 0 atom stereocenters. The summed E-state index contributed by atoms with van der Waals surface area (Å²) in [6.45, 7) is 6.62. The minimum absolute atomic E-state index is 0.256. The lowest BCUT2D eigenvalue weighted by Gasteiger charge is -2.33. The molecule has 0 spiro atoms. The number of rotatable bonds is 6. The van der Waals surface area contributed by atoms with Gasteiger partial charge in [0.05, 0.1) is 18.3 Å². The molecule has 2 aromatic rings. The van der Waals surface area contributed by atoms with Crippen molar-refractivity contribution in [1.29, 1.82) is 0 Å². The molecule has 1 aliphatic rings. The normalized spacial score (nSPS) is 17.8. The van der Waals surface area contributed by atoms with E-state index in [1.165, 1.54) is 4.31 Å². The average Bonchev–Trinajstić information content (AvgIpc) is 3.04. The Morgan fingerprint density at radius 2 is 2.00 bits per heavy atom. The van der Waals surface area contributed by atoms with E-state index in [0.29, 0.717) is 37.3 Å². The van der Waals surface area contributed by atoms with Gasteiger partial charge in [-0.25, -0.2) is 8.42 Å². The predicted octanol–water partition coefficient (Wildman–Crippen LogP) is 1.03. The second-order valence-electron chi connectivity index (χ2n) is 5.33. The van der Waals surface area contributed by atoms with Gasteiger partial charge in [-0.15, -0.1) is 0 Å². The first-order chi connectivity index (χ1) is 11.1. The number of aromatic nitrogens is 2. The third kappa shape index (κ3) is 3.53. The summed E-state index contributed by atoms with van der Waals surface area (Å²) in [4.78, 5) is 2.48. The van der Waals surface area contributed by atoms with Crippen LogP contribution in [0.25, 0.3) is 11.0 Å². The molecule has 1 fully saturated rings. The maximum atomic E-state index is 12.9. The number of benzene rings is 1. The SMILES string of the molecule is CCOCCN1CCN(S(=O)(=O)c2cccc3nsnc23)CC1. The van der Waals surface area contributed by atoms with Crippen LogP contribution in [0.15, 0.2) is 23.1 Å². The van der Waals surface area contributed by atoms with Crippen LogP contribution in [0.1, 0.15) is 6.92 Å². The molecule has 0 unspecified atom stereocenters. The molecule has 0 amide bonds. The van der Waals surface area contributed by atoms with Gasteiger partial charge < -0.3 is 4.74 Å². The second-order valence-corrected chi connectivity index (χ2v) is 7.77. The van der Waals surface area contributed by atoms with Crippen molar-refractivity contribution < 1.29 is 13.2 Å². The van der Waals surface area contributed by atoms with E-state index >= 15 is 0 Å². The lowest BCUT2D eigenvalue weighted by atomic mass is 10.3. The standard InChI is InChI=1S/C14H20N4O3S2/c1-2-21-11-10-17-6-8-18(9-7-17)23(19,20)13-5-3-4-12-14(13)16-22-15-12/h3-5H,2,6-11H2,1H3. The van der Waals surface area contributed by atoms with E-state index in [-0.39, 0.29) is 4.90 Å². The summed E-state index contributed by atoms with van der Waals surface area (Å²) in [6, 6.07) is 5.11. The van der Waals surface area contributed by atoms with E-state index in [1.807, 2.05) is 6.92 Å². The highest BCUT2D eigenvalue weighted by atomic mass is 32.2. The zero-order chi connectivity index (χ0) is 16.3. The first kappa shape index (κ1) is 16.7. The van der Waals surface area contributed by atoms with E-state index in [0.717, 1.165) is 31.4 Å². The number of hydrogen-bond acceptors (Lipinski definition) is 7. The molecule has 7 nitrogen and oxygen atoms in total. The van der Waals surface area contributed by atoms with E-state index in [1.54, 1.807) is 18.2 Å². The molecule has 9 heteroatoms. The number of sulfonamides is 1. The largest absolute Gasteiger partial charge is 0.380 e. The zero-order valence-electron chi connectivity index (χ0n) is 13.0. The molecular formula is C14H20N4O3S2. The van der Waals surface area contributed by atoms with Crippen LogP contribution in [0.3, 0.4) is 0 Å². The van der Waals surface area contributed by atoms with Gasteiger partial charge in [-0.05, 0) is 19.1 Å². The average molecular weight is 356 g/mol. The van der Waals surface area contributed by atoms with Crippen molar-refractivity contribution in [3.8, 4) is 0 Å². The molecule has 126 valence electrons. The quantitative estimate of drug-likeness (QED) is 0.720. The topological polar surface area (TPSA) is 75.6 Å². The summed E-state index contributed by atoms with van der Waals surface area (Å²) in [7, 11) is -3.53. The fourth-order valence-electron chi connectivity index (χ4n) is 2.66. The van der Waals surface area contributed by atoms with Crippen LogP contribution in [-0.4, -0.2) is 72.3 Å². The molecule has 0 aliphatic carbocycles. The summed E-state index contributed by atoms with van der Waals surface area (Å²) in [5, 5.41) is 0. The van der Waals surface area contributed by atoms with Gasteiger partial charge >= 0.3 is 0 Å². The molecule has 1 aromatic carbocycles. The number of nitrogens with zero attached hydrogens (tertiary/aromatic N) is 4. The third-order valence-corrected chi connectivity index (χ3v) is 6.43. The Morgan fingerprint density at radius 1 is 1.22 bits per heavy atom. The lowest BCUT2D eigenvalue weighted by Crippen LogP contribution is -2.49. The molecule has 1 aliphatic heterocycles. The summed E-state index contributed by atoms with van der Waals surface area (Å²) in [5.41, 5.74) is 1.10. The highest BCUT2D eigenvalue weighted by Crippen LogP contribution is 2.25. The van der Waals surface area contributed by atoms with Gasteiger partial charge in [0.25, 0.3) is 0 Å². The summed E-state index contributed by atoms with van der Waals surface area (Å²) < 4.78 is 40.9. The van der Waals surface area contributed by atoms with Crippen molar-refractivity contribution >= 4 is 32.8 Å². The van der Waals surface area contributed by atoms with Gasteiger partial charge in [0.15, 0.2) is 0 Å². The van der Waals surface area contributed by atoms with E-state index in [4.69, 9.17) is 4.74 Å². The Bertz CT molecular complexity index is 754. The van der Waals surface area contributed by atoms with E-state index in [9.17, 15) is 8.42 Å². The second kappa shape index (κ2) is 7.18. The Labute approximate surface area is 140 Å². The lowest BCUT2D eigenvalue weighted by molar-refractivity contribution is 0.0979. The molecule has 1 saturated heterocycles. The fraction of sp³-hybridized carbons (Fsp3) is 0.571. The van der Waals surface area contributed by atoms with Crippen molar-refractivity contribution in [2.75, 3.05) is 45.9 Å². The van der Waals surface area contributed by atoms with Crippen LogP contribution >= 0.6 is 11.7 Å². The first-order valence-electron chi connectivity index (χ1n) is 7.64. The molecule has 2 heterocycles. The smallest absolute Gasteiger partial charge is 0.245 e. The highest BCUT2D eigenvalue weighted by Gasteiger charge is 2.30. The van der Waals surface area contributed by atoms with Gasteiger partial charge in [-0.2, -0.15) is 13.1 Å². The maximum absolute atomic E-state index is 12.9. The van der Waals surface area contributed by atoms with Gasteiger partial charge in [-0.3, -0.25) is 4.90 Å². The van der Waals surface area contributed by atoms with E-state index < -0.39 is 10.0 Å². The van der Waals surface area contributed by atoms with Gasteiger partial charge in [0, 0.05) is 39.3 Å². The molecule has 0 N–H and O–H groups in total. The Kier molecular flexibility index (Phi) is 5.22. The van der Waals surface area contributed by atoms with Crippen LogP contribution in [0.4, 0.5) is 0 Å². The highest BCUT2D eigenvalue weighted by molar-refractivity contribution is 7.89. The predicted molar refractivity (Wildman–Crippen MR) is 89.1 cm³/mol. The molecule has 0 saturated carbocycles. The molecule has 23 heavy (non-hydrogen) atoms. The Balaban J connectivity index is 1.71. The third-order valence-electron chi connectivity index (χ3n) is 3.95. The molecule has 3 rings (SSSR count). The van der Waals surface area contributed by atoms with Crippen LogP contribution in [0.5, 0.6) is 0 Å². The minimum Gasteiger partial charge on any atom is -0.380 e. The number of hydrogen-bond donors (Lipinski definition) is 0. The number of piperazine rings is 1. The Hall–Kier alpha value is -1.13. The van der Waals surface area contributed by atoms with Crippen molar-refractivity contribution in [3.05, 3.63) is 18.2 Å². The number of ether oxygens (including phenoxy) is 1. The molecule has 0 radical (unpaired) electrons. The number of fused-ring (bicyclic) bond motifs is 1. The summed E-state index contributed by atoms with van der Waals surface area (Å²) in [5.74, 6) is 0. The van der Waals surface area contributed by atoms with Crippen LogP contribution in [0.2, 0.25) is 0 Å². The Morgan fingerprint density at radius 3 is 2.74 bits per heavy atom. The van der Waals surface area contributed by atoms with Crippen molar-refractivity contribution in [1.82, 2.24) is 18.0 Å². The monoisotopic (exact) mass is 356 g/mol. The zero-order valence-corrected chi connectivity index (χ0v) is 14.6. The van der Waals surface area contributed by atoms with Gasteiger partial charge in [-0.1, -0.05) is 6.07 Å². The molecular weight excluding hydrogens is 336 g/mol.